The molecule has 7 nitrogen and oxygen atoms in total. The molecule has 2 unspecified atom stereocenters. The third kappa shape index (κ3) is 8.50. The van der Waals surface area contributed by atoms with E-state index in [4.69, 9.17) is 9.47 Å². The summed E-state index contributed by atoms with van der Waals surface area (Å²) in [6, 6.07) is 7.70. The first kappa shape index (κ1) is 22.4. The van der Waals surface area contributed by atoms with Crippen LogP contribution in [0, 0.1) is 5.92 Å². The summed E-state index contributed by atoms with van der Waals surface area (Å²) in [4.78, 5) is 36.1. The molecule has 7 heteroatoms. The summed E-state index contributed by atoms with van der Waals surface area (Å²) in [5, 5.41) is 12.2. The van der Waals surface area contributed by atoms with E-state index in [-0.39, 0.29) is 19.6 Å². The fourth-order valence-electron chi connectivity index (χ4n) is 2.25. The Morgan fingerprint density at radius 2 is 1.81 bits per heavy atom. The van der Waals surface area contributed by atoms with Gasteiger partial charge in [0.2, 0.25) is 6.04 Å². The lowest BCUT2D eigenvalue weighted by molar-refractivity contribution is -0.165. The van der Waals surface area contributed by atoms with E-state index in [9.17, 15) is 19.5 Å². The van der Waals surface area contributed by atoms with Crippen LogP contribution in [0.3, 0.4) is 0 Å². The molecule has 148 valence electrons. The van der Waals surface area contributed by atoms with Gasteiger partial charge in [-0.3, -0.25) is 10.1 Å². The van der Waals surface area contributed by atoms with E-state index < -0.39 is 35.5 Å². The molecule has 0 bridgehead atoms. The second-order valence-corrected chi connectivity index (χ2v) is 7.02. The zero-order valence-electron chi connectivity index (χ0n) is 15.9. The monoisotopic (exact) mass is 377 g/mol. The predicted molar refractivity (Wildman–Crippen MR) is 100 cm³/mol. The van der Waals surface area contributed by atoms with Crippen LogP contribution >= 0.6 is 0 Å². The fourth-order valence-corrected chi connectivity index (χ4v) is 2.25. The van der Waals surface area contributed by atoms with Gasteiger partial charge in [0.25, 0.3) is 0 Å². The van der Waals surface area contributed by atoms with Gasteiger partial charge in [0.15, 0.2) is 0 Å². The largest absolute Gasteiger partial charge is 0.481 e. The van der Waals surface area contributed by atoms with Gasteiger partial charge in [-0.25, -0.2) is 9.59 Å². The van der Waals surface area contributed by atoms with Crippen molar-refractivity contribution in [1.29, 1.82) is 0 Å². The molecule has 0 radical (unpaired) electrons. The lowest BCUT2D eigenvalue weighted by atomic mass is 9.99. The Hall–Kier alpha value is -2.67. The smallest absolute Gasteiger partial charge is 0.335 e. The number of carbonyl (C=O) groups excluding carboxylic acids is 2. The molecule has 0 amide bonds. The normalized spacial score (nSPS) is 13.3. The SMILES string of the molecule is C=CCOC(=O)C(NCC(Cc1ccccc1)C(=O)O)C(=O)OC(C)(C)C. The van der Waals surface area contributed by atoms with E-state index in [2.05, 4.69) is 11.9 Å². The zero-order chi connectivity index (χ0) is 20.4. The predicted octanol–water partition coefficient (Wildman–Crippen LogP) is 1.96. The Kier molecular flexibility index (Phi) is 8.68. The molecule has 0 aromatic heterocycles. The minimum absolute atomic E-state index is 0.0633. The van der Waals surface area contributed by atoms with Gasteiger partial charge in [-0.2, -0.15) is 0 Å². The molecular weight excluding hydrogens is 350 g/mol. The number of ether oxygens (including phenoxy) is 2. The molecule has 0 heterocycles. The number of aliphatic carboxylic acids is 1. The van der Waals surface area contributed by atoms with Gasteiger partial charge in [0, 0.05) is 6.54 Å². The first-order chi connectivity index (χ1) is 12.6. The molecule has 0 saturated carbocycles. The molecule has 1 rings (SSSR count). The van der Waals surface area contributed by atoms with E-state index in [1.807, 2.05) is 30.3 Å². The molecule has 2 N–H and O–H groups in total. The molecule has 0 fully saturated rings. The van der Waals surface area contributed by atoms with Gasteiger partial charge in [-0.05, 0) is 32.8 Å². The van der Waals surface area contributed by atoms with Crippen molar-refractivity contribution in [3.8, 4) is 0 Å². The molecule has 1 aromatic carbocycles. The summed E-state index contributed by atoms with van der Waals surface area (Å²) < 4.78 is 10.2. The Morgan fingerprint density at radius 1 is 1.19 bits per heavy atom. The van der Waals surface area contributed by atoms with Crippen LogP contribution in [-0.4, -0.2) is 47.8 Å². The first-order valence-corrected chi connectivity index (χ1v) is 8.64. The summed E-state index contributed by atoms with van der Waals surface area (Å²) in [5.74, 6) is -3.52. The van der Waals surface area contributed by atoms with Crippen LogP contribution in [0.1, 0.15) is 26.3 Å². The minimum atomic E-state index is -1.42. The van der Waals surface area contributed by atoms with E-state index in [0.29, 0.717) is 0 Å². The molecule has 0 aliphatic heterocycles. The molecule has 1 aromatic rings. The van der Waals surface area contributed by atoms with Crippen molar-refractivity contribution in [2.75, 3.05) is 13.2 Å². The summed E-state index contributed by atoms with van der Waals surface area (Å²) in [7, 11) is 0. The summed E-state index contributed by atoms with van der Waals surface area (Å²) in [6.45, 7) is 8.31. The fraction of sp³-hybridized carbons (Fsp3) is 0.450. The average molecular weight is 377 g/mol. The number of nitrogens with one attached hydrogen (secondary N) is 1. The van der Waals surface area contributed by atoms with Gasteiger partial charge in [-0.1, -0.05) is 43.0 Å². The third-order valence-corrected chi connectivity index (χ3v) is 3.46. The summed E-state index contributed by atoms with van der Waals surface area (Å²) >= 11 is 0. The summed E-state index contributed by atoms with van der Waals surface area (Å²) in [6.07, 6.45) is 1.63. The summed E-state index contributed by atoms with van der Waals surface area (Å²) in [5.41, 5.74) is 0.0427. The Balaban J connectivity index is 2.84. The number of carbonyl (C=O) groups is 3. The zero-order valence-corrected chi connectivity index (χ0v) is 15.9. The topological polar surface area (TPSA) is 102 Å². The lowest BCUT2D eigenvalue weighted by Crippen LogP contribution is -2.49. The van der Waals surface area contributed by atoms with Crippen LogP contribution in [0.5, 0.6) is 0 Å². The van der Waals surface area contributed by atoms with Crippen molar-refractivity contribution >= 4 is 17.9 Å². The average Bonchev–Trinajstić information content (AvgIpc) is 2.58. The number of carboxylic acid groups (broad SMARTS) is 1. The molecule has 0 aliphatic rings. The second kappa shape index (κ2) is 10.5. The number of hydrogen-bond acceptors (Lipinski definition) is 6. The maximum Gasteiger partial charge on any atom is 0.335 e. The minimum Gasteiger partial charge on any atom is -0.481 e. The Morgan fingerprint density at radius 3 is 2.33 bits per heavy atom. The highest BCUT2D eigenvalue weighted by atomic mass is 16.6. The second-order valence-electron chi connectivity index (χ2n) is 7.02. The van der Waals surface area contributed by atoms with Gasteiger partial charge >= 0.3 is 17.9 Å². The van der Waals surface area contributed by atoms with E-state index in [1.165, 1.54) is 6.08 Å². The number of esters is 2. The Labute approximate surface area is 159 Å². The number of hydrogen-bond donors (Lipinski definition) is 2. The van der Waals surface area contributed by atoms with Crippen LogP contribution in [0.2, 0.25) is 0 Å². The molecule has 27 heavy (non-hydrogen) atoms. The van der Waals surface area contributed by atoms with Crippen molar-refractivity contribution in [2.45, 2.75) is 38.8 Å². The van der Waals surface area contributed by atoms with Crippen molar-refractivity contribution < 1.29 is 29.0 Å². The Bertz CT molecular complexity index is 650. The highest BCUT2D eigenvalue weighted by Gasteiger charge is 2.33. The van der Waals surface area contributed by atoms with E-state index in [1.54, 1.807) is 20.8 Å². The highest BCUT2D eigenvalue weighted by Crippen LogP contribution is 2.12. The van der Waals surface area contributed by atoms with Crippen molar-refractivity contribution in [3.05, 3.63) is 48.6 Å². The molecule has 0 aliphatic carbocycles. The van der Waals surface area contributed by atoms with Crippen molar-refractivity contribution in [3.63, 3.8) is 0 Å². The van der Waals surface area contributed by atoms with Gasteiger partial charge < -0.3 is 14.6 Å². The maximum absolute atomic E-state index is 12.3. The van der Waals surface area contributed by atoms with Crippen LogP contribution in [0.25, 0.3) is 0 Å². The first-order valence-electron chi connectivity index (χ1n) is 8.64. The highest BCUT2D eigenvalue weighted by molar-refractivity contribution is 5.99. The molecule has 2 atom stereocenters. The van der Waals surface area contributed by atoms with Crippen molar-refractivity contribution in [1.82, 2.24) is 5.32 Å². The van der Waals surface area contributed by atoms with Crippen LogP contribution < -0.4 is 5.32 Å². The van der Waals surface area contributed by atoms with Crippen molar-refractivity contribution in [2.24, 2.45) is 5.92 Å². The van der Waals surface area contributed by atoms with E-state index in [0.717, 1.165) is 5.56 Å². The van der Waals surface area contributed by atoms with Crippen LogP contribution in [0.4, 0.5) is 0 Å². The quantitative estimate of drug-likeness (QED) is 0.365. The molecule has 0 saturated heterocycles. The van der Waals surface area contributed by atoms with Gasteiger partial charge in [-0.15, -0.1) is 0 Å². The maximum atomic E-state index is 12.3. The number of benzene rings is 1. The lowest BCUT2D eigenvalue weighted by Gasteiger charge is -2.24. The molecule has 0 spiro atoms. The molecular formula is C20H27NO6. The standard InChI is InChI=1S/C20H27NO6/c1-5-11-26-18(24)16(19(25)27-20(2,3)4)21-13-15(17(22)23)12-14-9-7-6-8-10-14/h5-10,15-16,21H,1,11-13H2,2-4H3,(H,22,23). The van der Waals surface area contributed by atoms with Gasteiger partial charge in [0.05, 0.1) is 5.92 Å². The third-order valence-electron chi connectivity index (χ3n) is 3.46. The van der Waals surface area contributed by atoms with Crippen LogP contribution in [-0.2, 0) is 30.3 Å². The van der Waals surface area contributed by atoms with Crippen LogP contribution in [0.15, 0.2) is 43.0 Å². The van der Waals surface area contributed by atoms with E-state index >= 15 is 0 Å². The number of carboxylic acids is 1. The van der Waals surface area contributed by atoms with Gasteiger partial charge in [0.1, 0.15) is 12.2 Å². The number of rotatable bonds is 10.